The van der Waals surface area contributed by atoms with Crippen LogP contribution in [0.25, 0.3) is 11.5 Å². The van der Waals surface area contributed by atoms with Gasteiger partial charge in [-0.05, 0) is 42.8 Å². The third kappa shape index (κ3) is 4.46. The molecule has 3 aromatic rings. The largest absolute Gasteiger partial charge is 0.497 e. The van der Waals surface area contributed by atoms with Crippen molar-refractivity contribution < 1.29 is 13.9 Å². The maximum absolute atomic E-state index is 12.8. The van der Waals surface area contributed by atoms with Crippen LogP contribution in [-0.4, -0.2) is 34.7 Å². The van der Waals surface area contributed by atoms with Gasteiger partial charge in [0.1, 0.15) is 5.75 Å². The van der Waals surface area contributed by atoms with E-state index in [9.17, 15) is 4.79 Å². The Morgan fingerprint density at radius 2 is 1.89 bits per heavy atom. The maximum atomic E-state index is 12.8. The van der Waals surface area contributed by atoms with Crippen molar-refractivity contribution in [2.45, 2.75) is 19.9 Å². The lowest BCUT2D eigenvalue weighted by Crippen LogP contribution is -2.31. The highest BCUT2D eigenvalue weighted by atomic mass is 35.5. The summed E-state index contributed by atoms with van der Waals surface area (Å²) in [6, 6.07) is 14.3. The lowest BCUT2D eigenvalue weighted by molar-refractivity contribution is 0.0728. The van der Waals surface area contributed by atoms with E-state index in [0.717, 1.165) is 6.42 Å². The molecule has 3 rings (SSSR count). The summed E-state index contributed by atoms with van der Waals surface area (Å²) in [5, 5.41) is 8.66. The minimum absolute atomic E-state index is 0.100. The quantitative estimate of drug-likeness (QED) is 0.601. The van der Waals surface area contributed by atoms with Gasteiger partial charge in [-0.1, -0.05) is 30.7 Å². The van der Waals surface area contributed by atoms with Gasteiger partial charge in [0.25, 0.3) is 5.91 Å². The summed E-state index contributed by atoms with van der Waals surface area (Å²) in [7, 11) is 1.59. The highest BCUT2D eigenvalue weighted by Crippen LogP contribution is 2.26. The Bertz CT molecular complexity index is 909. The van der Waals surface area contributed by atoms with Gasteiger partial charge >= 0.3 is 0 Å². The Labute approximate surface area is 162 Å². The maximum Gasteiger partial charge on any atom is 0.254 e. The predicted molar refractivity (Wildman–Crippen MR) is 103 cm³/mol. The molecule has 0 bridgehead atoms. The molecule has 0 saturated heterocycles. The fourth-order valence-corrected chi connectivity index (χ4v) is 2.88. The molecule has 140 valence electrons. The first-order chi connectivity index (χ1) is 13.1. The van der Waals surface area contributed by atoms with Crippen molar-refractivity contribution >= 4 is 17.5 Å². The van der Waals surface area contributed by atoms with Crippen LogP contribution in [0.4, 0.5) is 0 Å². The number of amides is 1. The topological polar surface area (TPSA) is 68.5 Å². The first-order valence-corrected chi connectivity index (χ1v) is 9.00. The second kappa shape index (κ2) is 8.68. The predicted octanol–water partition coefficient (Wildman–Crippen LogP) is 4.45. The zero-order valence-corrected chi connectivity index (χ0v) is 15.9. The van der Waals surface area contributed by atoms with Gasteiger partial charge in [0.2, 0.25) is 11.8 Å². The SMILES string of the molecule is CCCN(Cc1nnc(-c2ccccc2Cl)o1)C(=O)c1ccc(OC)cc1. The summed E-state index contributed by atoms with van der Waals surface area (Å²) >= 11 is 6.18. The van der Waals surface area contributed by atoms with E-state index in [1.54, 1.807) is 42.3 Å². The molecule has 0 aliphatic rings. The van der Waals surface area contributed by atoms with Crippen molar-refractivity contribution in [3.05, 3.63) is 65.0 Å². The third-order valence-corrected chi connectivity index (χ3v) is 4.34. The summed E-state index contributed by atoms with van der Waals surface area (Å²) in [4.78, 5) is 14.5. The summed E-state index contributed by atoms with van der Waals surface area (Å²) in [5.74, 6) is 1.30. The van der Waals surface area contributed by atoms with Crippen LogP contribution in [0.1, 0.15) is 29.6 Å². The Kier molecular flexibility index (Phi) is 6.08. The number of aromatic nitrogens is 2. The molecule has 0 saturated carbocycles. The first kappa shape index (κ1) is 18.9. The zero-order valence-electron chi connectivity index (χ0n) is 15.2. The van der Waals surface area contributed by atoms with Crippen LogP contribution in [0.5, 0.6) is 5.75 Å². The number of hydrogen-bond donors (Lipinski definition) is 0. The molecule has 1 aromatic heterocycles. The second-order valence-electron chi connectivity index (χ2n) is 5.94. The van der Waals surface area contributed by atoms with Gasteiger partial charge in [0.05, 0.1) is 24.2 Å². The van der Waals surface area contributed by atoms with Crippen LogP contribution in [0.2, 0.25) is 5.02 Å². The number of rotatable bonds is 7. The molecule has 0 spiro atoms. The van der Waals surface area contributed by atoms with Crippen LogP contribution in [0, 0.1) is 0 Å². The number of methoxy groups -OCH3 is 1. The molecule has 0 fully saturated rings. The smallest absolute Gasteiger partial charge is 0.254 e. The van der Waals surface area contributed by atoms with Crippen LogP contribution < -0.4 is 4.74 Å². The standard InChI is InChI=1S/C20H20ClN3O3/c1-3-12-24(20(25)14-8-10-15(26-2)11-9-14)13-18-22-23-19(27-18)16-6-4-5-7-17(16)21/h4-11H,3,12-13H2,1-2H3. The molecule has 7 heteroatoms. The van der Waals surface area contributed by atoms with E-state index < -0.39 is 0 Å². The van der Waals surface area contributed by atoms with Gasteiger partial charge in [-0.15, -0.1) is 10.2 Å². The molecule has 0 aliphatic carbocycles. The molecule has 6 nitrogen and oxygen atoms in total. The average molecular weight is 386 g/mol. The minimum atomic E-state index is -0.100. The van der Waals surface area contributed by atoms with E-state index in [-0.39, 0.29) is 12.5 Å². The van der Waals surface area contributed by atoms with Crippen LogP contribution >= 0.6 is 11.6 Å². The van der Waals surface area contributed by atoms with Gasteiger partial charge < -0.3 is 14.1 Å². The van der Waals surface area contributed by atoms with E-state index in [4.69, 9.17) is 20.8 Å². The lowest BCUT2D eigenvalue weighted by Gasteiger charge is -2.20. The summed E-state index contributed by atoms with van der Waals surface area (Å²) < 4.78 is 10.9. The van der Waals surface area contributed by atoms with Crippen molar-refractivity contribution in [2.24, 2.45) is 0 Å². The number of nitrogens with zero attached hydrogens (tertiary/aromatic N) is 3. The Morgan fingerprint density at radius 3 is 2.56 bits per heavy atom. The highest BCUT2D eigenvalue weighted by Gasteiger charge is 2.19. The molecule has 0 N–H and O–H groups in total. The number of halogens is 1. The van der Waals surface area contributed by atoms with Crippen molar-refractivity contribution in [3.8, 4) is 17.2 Å². The van der Waals surface area contributed by atoms with Gasteiger partial charge in [-0.25, -0.2) is 0 Å². The summed E-state index contributed by atoms with van der Waals surface area (Å²) in [6.45, 7) is 2.82. The highest BCUT2D eigenvalue weighted by molar-refractivity contribution is 6.33. The number of carbonyl (C=O) groups excluding carboxylic acids is 1. The van der Waals surface area contributed by atoms with E-state index in [1.165, 1.54) is 0 Å². The van der Waals surface area contributed by atoms with Crippen molar-refractivity contribution in [1.82, 2.24) is 15.1 Å². The summed E-state index contributed by atoms with van der Waals surface area (Å²) in [5.41, 5.74) is 1.25. The first-order valence-electron chi connectivity index (χ1n) is 8.63. The van der Waals surface area contributed by atoms with Gasteiger partial charge in [-0.3, -0.25) is 4.79 Å². The Morgan fingerprint density at radius 1 is 1.15 bits per heavy atom. The lowest BCUT2D eigenvalue weighted by atomic mass is 10.2. The molecule has 27 heavy (non-hydrogen) atoms. The van der Waals surface area contributed by atoms with Crippen molar-refractivity contribution in [1.29, 1.82) is 0 Å². The van der Waals surface area contributed by atoms with Crippen LogP contribution in [0.15, 0.2) is 52.9 Å². The minimum Gasteiger partial charge on any atom is -0.497 e. The van der Waals surface area contributed by atoms with E-state index in [0.29, 0.717) is 40.2 Å². The molecule has 1 heterocycles. The van der Waals surface area contributed by atoms with E-state index >= 15 is 0 Å². The number of carbonyl (C=O) groups is 1. The number of ether oxygens (including phenoxy) is 1. The monoisotopic (exact) mass is 385 g/mol. The fraction of sp³-hybridized carbons (Fsp3) is 0.250. The van der Waals surface area contributed by atoms with Crippen LogP contribution in [-0.2, 0) is 6.54 Å². The van der Waals surface area contributed by atoms with Crippen molar-refractivity contribution in [2.75, 3.05) is 13.7 Å². The molecule has 1 amide bonds. The Hall–Kier alpha value is -2.86. The molecule has 0 atom stereocenters. The summed E-state index contributed by atoms with van der Waals surface area (Å²) in [6.07, 6.45) is 0.813. The molecule has 2 aromatic carbocycles. The number of hydrogen-bond acceptors (Lipinski definition) is 5. The van der Waals surface area contributed by atoms with Crippen molar-refractivity contribution in [3.63, 3.8) is 0 Å². The zero-order chi connectivity index (χ0) is 19.2. The average Bonchev–Trinajstić information content (AvgIpc) is 3.16. The molecule has 0 unspecified atom stereocenters. The second-order valence-corrected chi connectivity index (χ2v) is 6.34. The Balaban J connectivity index is 1.78. The van der Waals surface area contributed by atoms with Gasteiger partial charge in [0, 0.05) is 12.1 Å². The van der Waals surface area contributed by atoms with E-state index in [1.807, 2.05) is 25.1 Å². The molecule has 0 radical (unpaired) electrons. The van der Waals surface area contributed by atoms with Gasteiger partial charge in [-0.2, -0.15) is 0 Å². The third-order valence-electron chi connectivity index (χ3n) is 4.01. The molecule has 0 aliphatic heterocycles. The molecular weight excluding hydrogens is 366 g/mol. The van der Waals surface area contributed by atoms with Crippen LogP contribution in [0.3, 0.4) is 0 Å². The fourth-order valence-electron chi connectivity index (χ4n) is 2.66. The van der Waals surface area contributed by atoms with Gasteiger partial charge in [0.15, 0.2) is 0 Å². The molecular formula is C20H20ClN3O3. The number of benzene rings is 2. The van der Waals surface area contributed by atoms with E-state index in [2.05, 4.69) is 10.2 Å². The normalized spacial score (nSPS) is 10.6.